The number of hydrogen-bond donors (Lipinski definition) is 0. The molecule has 140 valence electrons. The number of aromatic nitrogens is 2. The van der Waals surface area contributed by atoms with Crippen molar-refractivity contribution in [3.63, 3.8) is 0 Å². The summed E-state index contributed by atoms with van der Waals surface area (Å²) in [5.41, 5.74) is 2.82. The first-order valence-electron chi connectivity index (χ1n) is 9.10. The summed E-state index contributed by atoms with van der Waals surface area (Å²) in [4.78, 5) is 9.04. The van der Waals surface area contributed by atoms with E-state index >= 15 is 0 Å². The normalized spacial score (nSPS) is 15.3. The van der Waals surface area contributed by atoms with Crippen molar-refractivity contribution in [1.82, 2.24) is 14.5 Å². The summed E-state index contributed by atoms with van der Waals surface area (Å²) < 4.78 is 29.0. The highest BCUT2D eigenvalue weighted by Crippen LogP contribution is 2.30. The molecule has 0 saturated carbocycles. The lowest BCUT2D eigenvalue weighted by molar-refractivity contribution is 0.246. The third kappa shape index (κ3) is 3.71. The predicted molar refractivity (Wildman–Crippen MR) is 102 cm³/mol. The van der Waals surface area contributed by atoms with Crippen LogP contribution in [0.2, 0.25) is 0 Å². The van der Waals surface area contributed by atoms with Gasteiger partial charge in [0.1, 0.15) is 17.5 Å². The molecule has 0 aliphatic carbocycles. The molecule has 3 aromatic rings. The summed E-state index contributed by atoms with van der Waals surface area (Å²) in [5.74, 6) is -0.0640. The first kappa shape index (κ1) is 17.7. The number of halogens is 2. The van der Waals surface area contributed by atoms with E-state index in [1.807, 2.05) is 29.9 Å². The Hall–Kier alpha value is -2.73. The van der Waals surface area contributed by atoms with E-state index < -0.39 is 11.6 Å². The fraction of sp³-hybridized carbons (Fsp3) is 0.286. The Morgan fingerprint density at radius 3 is 2.48 bits per heavy atom. The van der Waals surface area contributed by atoms with E-state index in [-0.39, 0.29) is 0 Å². The molecule has 1 aliphatic rings. The molecule has 0 bridgehead atoms. The molecule has 6 heteroatoms. The molecule has 0 atom stereocenters. The fourth-order valence-electron chi connectivity index (χ4n) is 3.60. The van der Waals surface area contributed by atoms with E-state index in [2.05, 4.69) is 26.9 Å². The highest BCUT2D eigenvalue weighted by Gasteiger charge is 2.21. The van der Waals surface area contributed by atoms with Crippen LogP contribution in [0.1, 0.15) is 5.56 Å². The van der Waals surface area contributed by atoms with Gasteiger partial charge in [-0.05, 0) is 18.2 Å². The Labute approximate surface area is 157 Å². The van der Waals surface area contributed by atoms with E-state index in [4.69, 9.17) is 0 Å². The van der Waals surface area contributed by atoms with Gasteiger partial charge in [0, 0.05) is 75.0 Å². The predicted octanol–water partition coefficient (Wildman–Crippen LogP) is 3.69. The van der Waals surface area contributed by atoms with Gasteiger partial charge in [0.2, 0.25) is 0 Å². The van der Waals surface area contributed by atoms with Crippen LogP contribution in [-0.2, 0) is 13.6 Å². The molecule has 0 radical (unpaired) electrons. The molecule has 1 aliphatic heterocycles. The van der Waals surface area contributed by atoms with Crippen molar-refractivity contribution < 1.29 is 8.78 Å². The lowest BCUT2D eigenvalue weighted by Crippen LogP contribution is -2.46. The van der Waals surface area contributed by atoms with Crippen molar-refractivity contribution in [1.29, 1.82) is 0 Å². The van der Waals surface area contributed by atoms with Gasteiger partial charge >= 0.3 is 0 Å². The van der Waals surface area contributed by atoms with E-state index in [0.717, 1.165) is 43.6 Å². The van der Waals surface area contributed by atoms with Crippen molar-refractivity contribution in [2.24, 2.45) is 7.05 Å². The van der Waals surface area contributed by atoms with Crippen LogP contribution in [0, 0.1) is 11.6 Å². The number of para-hydroxylation sites is 1. The Morgan fingerprint density at radius 2 is 1.78 bits per heavy atom. The maximum atomic E-state index is 13.9. The second kappa shape index (κ2) is 7.48. The van der Waals surface area contributed by atoms with Crippen LogP contribution < -0.4 is 4.90 Å². The summed E-state index contributed by atoms with van der Waals surface area (Å²) >= 11 is 0. The van der Waals surface area contributed by atoms with E-state index in [9.17, 15) is 8.78 Å². The van der Waals surface area contributed by atoms with Crippen LogP contribution in [0.3, 0.4) is 0 Å². The second-order valence-corrected chi connectivity index (χ2v) is 6.88. The summed E-state index contributed by atoms with van der Waals surface area (Å²) in [7, 11) is 1.99. The van der Waals surface area contributed by atoms with Gasteiger partial charge in [-0.15, -0.1) is 0 Å². The van der Waals surface area contributed by atoms with Crippen molar-refractivity contribution >= 4 is 5.69 Å². The number of benzene rings is 2. The molecule has 27 heavy (non-hydrogen) atoms. The third-order valence-corrected chi connectivity index (χ3v) is 5.09. The Balaban J connectivity index is 1.46. The van der Waals surface area contributed by atoms with Gasteiger partial charge in [-0.3, -0.25) is 4.90 Å². The average molecular weight is 368 g/mol. The number of piperazine rings is 1. The van der Waals surface area contributed by atoms with Crippen LogP contribution in [-0.4, -0.2) is 40.6 Å². The minimum atomic E-state index is -0.535. The van der Waals surface area contributed by atoms with Crippen molar-refractivity contribution in [3.05, 3.63) is 72.1 Å². The first-order valence-corrected chi connectivity index (χ1v) is 9.10. The van der Waals surface area contributed by atoms with Crippen LogP contribution in [0.5, 0.6) is 0 Å². The molecular formula is C21H22F2N4. The number of nitrogens with zero attached hydrogens (tertiary/aromatic N) is 4. The number of imidazole rings is 1. The van der Waals surface area contributed by atoms with Gasteiger partial charge in [0.15, 0.2) is 0 Å². The minimum Gasteiger partial charge on any atom is -0.368 e. The standard InChI is InChI=1S/C21H22F2N4/c1-25-9-8-24-21(25)18-4-2-3-5-20(18)27-12-10-26(11-13-27)15-16-6-7-17(22)14-19(16)23/h2-9,14H,10-13,15H2,1H3. The molecule has 0 unspecified atom stereocenters. The zero-order valence-electron chi connectivity index (χ0n) is 15.3. The topological polar surface area (TPSA) is 24.3 Å². The summed E-state index contributed by atoms with van der Waals surface area (Å²) in [6.07, 6.45) is 3.75. The zero-order valence-corrected chi connectivity index (χ0v) is 15.3. The highest BCUT2D eigenvalue weighted by atomic mass is 19.1. The van der Waals surface area contributed by atoms with E-state index in [1.165, 1.54) is 17.8 Å². The van der Waals surface area contributed by atoms with Gasteiger partial charge in [0.25, 0.3) is 0 Å². The molecule has 4 nitrogen and oxygen atoms in total. The highest BCUT2D eigenvalue weighted by molar-refractivity contribution is 5.74. The van der Waals surface area contributed by atoms with Crippen LogP contribution in [0.25, 0.3) is 11.4 Å². The molecule has 2 aromatic carbocycles. The van der Waals surface area contributed by atoms with E-state index in [0.29, 0.717) is 12.1 Å². The molecule has 0 amide bonds. The lowest BCUT2D eigenvalue weighted by atomic mass is 10.1. The van der Waals surface area contributed by atoms with Crippen molar-refractivity contribution in [3.8, 4) is 11.4 Å². The van der Waals surface area contributed by atoms with Gasteiger partial charge < -0.3 is 9.47 Å². The third-order valence-electron chi connectivity index (χ3n) is 5.09. The molecule has 0 N–H and O–H groups in total. The van der Waals surface area contributed by atoms with Crippen LogP contribution in [0.4, 0.5) is 14.5 Å². The minimum absolute atomic E-state index is 0.474. The average Bonchev–Trinajstić information content (AvgIpc) is 3.10. The fourth-order valence-corrected chi connectivity index (χ4v) is 3.60. The van der Waals surface area contributed by atoms with Gasteiger partial charge in [-0.1, -0.05) is 18.2 Å². The van der Waals surface area contributed by atoms with Gasteiger partial charge in [0.05, 0.1) is 0 Å². The molecule has 1 aromatic heterocycles. The van der Waals surface area contributed by atoms with Crippen LogP contribution in [0.15, 0.2) is 54.9 Å². The second-order valence-electron chi connectivity index (χ2n) is 6.88. The van der Waals surface area contributed by atoms with Crippen molar-refractivity contribution in [2.75, 3.05) is 31.1 Å². The largest absolute Gasteiger partial charge is 0.368 e. The number of hydrogen-bond acceptors (Lipinski definition) is 3. The van der Waals surface area contributed by atoms with Gasteiger partial charge in [-0.25, -0.2) is 13.8 Å². The number of anilines is 1. The molecule has 0 spiro atoms. The molecule has 1 fully saturated rings. The molecular weight excluding hydrogens is 346 g/mol. The summed E-state index contributed by atoms with van der Waals surface area (Å²) in [6, 6.07) is 12.1. The lowest BCUT2D eigenvalue weighted by Gasteiger charge is -2.37. The molecule has 2 heterocycles. The maximum absolute atomic E-state index is 13.9. The van der Waals surface area contributed by atoms with Crippen molar-refractivity contribution in [2.45, 2.75) is 6.54 Å². The molecule has 1 saturated heterocycles. The van der Waals surface area contributed by atoms with Gasteiger partial charge in [-0.2, -0.15) is 0 Å². The smallest absolute Gasteiger partial charge is 0.141 e. The summed E-state index contributed by atoms with van der Waals surface area (Å²) in [6.45, 7) is 3.85. The Morgan fingerprint density at radius 1 is 1.00 bits per heavy atom. The Kier molecular flexibility index (Phi) is 4.90. The molecule has 4 rings (SSSR count). The number of rotatable bonds is 4. The maximum Gasteiger partial charge on any atom is 0.141 e. The van der Waals surface area contributed by atoms with E-state index in [1.54, 1.807) is 6.20 Å². The SMILES string of the molecule is Cn1ccnc1-c1ccccc1N1CCN(Cc2ccc(F)cc2F)CC1. The summed E-state index contributed by atoms with van der Waals surface area (Å²) in [5, 5.41) is 0. The number of aryl methyl sites for hydroxylation is 1. The van der Waals surface area contributed by atoms with Crippen LogP contribution >= 0.6 is 0 Å². The first-order chi connectivity index (χ1) is 13.1. The quantitative estimate of drug-likeness (QED) is 0.702. The zero-order chi connectivity index (χ0) is 18.8. The monoisotopic (exact) mass is 368 g/mol. The Bertz CT molecular complexity index is 929.